The summed E-state index contributed by atoms with van der Waals surface area (Å²) in [7, 11) is 0. The van der Waals surface area contributed by atoms with Crippen LogP contribution in [0, 0.1) is 0 Å². The summed E-state index contributed by atoms with van der Waals surface area (Å²) in [5, 5.41) is 0. The molecule has 3 heteroatoms. The van der Waals surface area contributed by atoms with Crippen LogP contribution in [0.2, 0.25) is 0 Å². The normalized spacial score (nSPS) is 12.0. The van der Waals surface area contributed by atoms with Crippen molar-refractivity contribution in [2.75, 3.05) is 0 Å². The molecule has 2 rings (SSSR count). The van der Waals surface area contributed by atoms with E-state index in [9.17, 15) is 3.74 Å². The van der Waals surface area contributed by atoms with Crippen LogP contribution in [0.25, 0.3) is 0 Å². The van der Waals surface area contributed by atoms with Crippen LogP contribution in [0.4, 0.5) is 0 Å². The molecule has 2 aromatic rings. The summed E-state index contributed by atoms with van der Waals surface area (Å²) < 4.78 is 18.1. The second-order valence-electron chi connectivity index (χ2n) is 3.07. The molecule has 0 aliphatic carbocycles. The molecular formula is C12H11AsO2. The zero-order valence-electron chi connectivity index (χ0n) is 8.09. The van der Waals surface area contributed by atoms with E-state index in [1.54, 1.807) is 0 Å². The molecule has 0 fully saturated rings. The first-order valence-electron chi connectivity index (χ1n) is 4.68. The van der Waals surface area contributed by atoms with Gasteiger partial charge in [0, 0.05) is 0 Å². The molecular weight excluding hydrogens is 251 g/mol. The van der Waals surface area contributed by atoms with Gasteiger partial charge >= 0.3 is 93.2 Å². The summed E-state index contributed by atoms with van der Waals surface area (Å²) in [5.41, 5.74) is 0. The third-order valence-electron chi connectivity index (χ3n) is 1.96. The Hall–Kier alpha value is -1.40. The molecule has 2 nitrogen and oxygen atoms in total. The van der Waals surface area contributed by atoms with E-state index in [4.69, 9.17) is 3.73 Å². The van der Waals surface area contributed by atoms with Crippen LogP contribution in [0.3, 0.4) is 0 Å². The van der Waals surface area contributed by atoms with Crippen molar-refractivity contribution in [3.05, 3.63) is 60.7 Å². The van der Waals surface area contributed by atoms with E-state index in [-0.39, 0.29) is 0 Å². The summed E-state index contributed by atoms with van der Waals surface area (Å²) >= 11 is -2.81. The number of hydrogen-bond acceptors (Lipinski definition) is 2. The second kappa shape index (κ2) is 4.90. The predicted molar refractivity (Wildman–Crippen MR) is 61.0 cm³/mol. The van der Waals surface area contributed by atoms with Crippen molar-refractivity contribution in [3.8, 4) is 5.75 Å². The van der Waals surface area contributed by atoms with Gasteiger partial charge in [-0.3, -0.25) is 0 Å². The Morgan fingerprint density at radius 2 is 1.33 bits per heavy atom. The summed E-state index contributed by atoms with van der Waals surface area (Å²) in [6.45, 7) is 0. The molecule has 0 aromatic heterocycles. The zero-order chi connectivity index (χ0) is 10.5. The van der Waals surface area contributed by atoms with Gasteiger partial charge in [0.25, 0.3) is 0 Å². The third kappa shape index (κ3) is 2.77. The minimum atomic E-state index is -2.81. The van der Waals surface area contributed by atoms with Gasteiger partial charge in [-0.05, 0) is 0 Å². The molecule has 76 valence electrons. The molecule has 0 aliphatic heterocycles. The monoisotopic (exact) mass is 262 g/mol. The molecule has 2 aromatic carbocycles. The van der Waals surface area contributed by atoms with Crippen molar-refractivity contribution in [2.24, 2.45) is 0 Å². The summed E-state index contributed by atoms with van der Waals surface area (Å²) in [6, 6.07) is 18.6. The Labute approximate surface area is 93.4 Å². The van der Waals surface area contributed by atoms with Crippen molar-refractivity contribution in [3.63, 3.8) is 0 Å². The SMILES string of the molecule is O=[AsH](Oc1ccccc1)c1ccccc1. The van der Waals surface area contributed by atoms with Crippen molar-refractivity contribution < 1.29 is 7.47 Å². The average molecular weight is 262 g/mol. The first kappa shape index (κ1) is 10.1. The Balaban J connectivity index is 2.12. The fraction of sp³-hybridized carbons (Fsp3) is 0. The van der Waals surface area contributed by atoms with Gasteiger partial charge in [-0.2, -0.15) is 0 Å². The van der Waals surface area contributed by atoms with Crippen molar-refractivity contribution in [1.82, 2.24) is 0 Å². The quantitative estimate of drug-likeness (QED) is 0.786. The molecule has 15 heavy (non-hydrogen) atoms. The Morgan fingerprint density at radius 3 is 1.93 bits per heavy atom. The van der Waals surface area contributed by atoms with Crippen molar-refractivity contribution >= 4 is 19.3 Å². The number of para-hydroxylation sites is 1. The Morgan fingerprint density at radius 1 is 0.800 bits per heavy atom. The maximum atomic E-state index is 11.8. The standard InChI is InChI=1S/C12H11AsO2/c14-13(11-7-3-1-4-8-11)15-12-9-5-2-6-10-12/h1-10,13H. The fourth-order valence-electron chi connectivity index (χ4n) is 1.23. The van der Waals surface area contributed by atoms with E-state index in [2.05, 4.69) is 0 Å². The molecule has 0 spiro atoms. The van der Waals surface area contributed by atoms with Crippen LogP contribution >= 0.6 is 0 Å². The maximum absolute atomic E-state index is 11.8. The fourth-order valence-corrected chi connectivity index (χ4v) is 3.19. The molecule has 0 saturated carbocycles. The first-order valence-corrected chi connectivity index (χ1v) is 7.45. The van der Waals surface area contributed by atoms with Gasteiger partial charge in [-0.1, -0.05) is 0 Å². The van der Waals surface area contributed by atoms with Gasteiger partial charge in [0.05, 0.1) is 0 Å². The predicted octanol–water partition coefficient (Wildman–Crippen LogP) is 1.62. The van der Waals surface area contributed by atoms with Gasteiger partial charge in [-0.15, -0.1) is 0 Å². The topological polar surface area (TPSA) is 26.3 Å². The molecule has 0 radical (unpaired) electrons. The minimum absolute atomic E-state index is 0.673. The van der Waals surface area contributed by atoms with Crippen LogP contribution in [0.1, 0.15) is 0 Å². The average Bonchev–Trinajstić information content (AvgIpc) is 2.31. The molecule has 1 unspecified atom stereocenters. The molecule has 0 aliphatic rings. The van der Waals surface area contributed by atoms with E-state index >= 15 is 0 Å². The van der Waals surface area contributed by atoms with E-state index in [1.165, 1.54) is 0 Å². The third-order valence-corrected chi connectivity index (χ3v) is 4.54. The number of hydrogen-bond donors (Lipinski definition) is 0. The summed E-state index contributed by atoms with van der Waals surface area (Å²) in [5.74, 6) is 0.673. The Bertz CT molecular complexity index is 440. The van der Waals surface area contributed by atoms with Crippen LogP contribution in [-0.4, -0.2) is 14.9 Å². The van der Waals surface area contributed by atoms with Crippen LogP contribution < -0.4 is 8.08 Å². The van der Waals surface area contributed by atoms with E-state index < -0.39 is 14.9 Å². The number of benzene rings is 2. The number of rotatable bonds is 3. The van der Waals surface area contributed by atoms with Gasteiger partial charge in [0.1, 0.15) is 0 Å². The van der Waals surface area contributed by atoms with Gasteiger partial charge in [0.2, 0.25) is 0 Å². The summed E-state index contributed by atoms with van der Waals surface area (Å²) in [6.07, 6.45) is 0. The first-order chi connectivity index (χ1) is 7.36. The van der Waals surface area contributed by atoms with Gasteiger partial charge < -0.3 is 0 Å². The van der Waals surface area contributed by atoms with Crippen LogP contribution in [-0.2, 0) is 3.74 Å². The molecule has 0 N–H and O–H groups in total. The van der Waals surface area contributed by atoms with Crippen molar-refractivity contribution in [2.45, 2.75) is 0 Å². The van der Waals surface area contributed by atoms with E-state index in [0.29, 0.717) is 5.75 Å². The molecule has 0 heterocycles. The van der Waals surface area contributed by atoms with Crippen molar-refractivity contribution in [1.29, 1.82) is 0 Å². The van der Waals surface area contributed by atoms with Crippen LogP contribution in [0.5, 0.6) is 5.75 Å². The second-order valence-corrected chi connectivity index (χ2v) is 5.91. The molecule has 0 bridgehead atoms. The van der Waals surface area contributed by atoms with Crippen LogP contribution in [0.15, 0.2) is 60.7 Å². The molecule has 0 amide bonds. The Kier molecular flexibility index (Phi) is 3.31. The van der Waals surface area contributed by atoms with Gasteiger partial charge in [0.15, 0.2) is 0 Å². The molecule has 0 saturated heterocycles. The summed E-state index contributed by atoms with van der Waals surface area (Å²) in [4.78, 5) is 0. The van der Waals surface area contributed by atoms with E-state index in [0.717, 1.165) is 4.35 Å². The van der Waals surface area contributed by atoms with Gasteiger partial charge in [-0.25, -0.2) is 0 Å². The zero-order valence-corrected chi connectivity index (χ0v) is 10.2. The van der Waals surface area contributed by atoms with E-state index in [1.807, 2.05) is 60.7 Å². The molecule has 1 atom stereocenters.